The number of halogens is 1. The first-order valence-electron chi connectivity index (χ1n) is 12.4. The van der Waals surface area contributed by atoms with Gasteiger partial charge in [0, 0.05) is 24.2 Å². The molecule has 3 rings (SSSR count). The molecule has 3 aromatic carbocycles. The van der Waals surface area contributed by atoms with E-state index >= 15 is 4.39 Å². The maximum Gasteiger partial charge on any atom is 0.333 e. The molecule has 0 amide bonds. The zero-order valence-corrected chi connectivity index (χ0v) is 20.8. The first-order chi connectivity index (χ1) is 16.9. The van der Waals surface area contributed by atoms with Crippen molar-refractivity contribution in [3.63, 3.8) is 0 Å². The normalized spacial score (nSPS) is 10.9. The fourth-order valence-corrected chi connectivity index (χ4v) is 4.14. The smallest absolute Gasteiger partial charge is 0.333 e. The summed E-state index contributed by atoms with van der Waals surface area (Å²) in [5.41, 5.74) is 6.64. The summed E-state index contributed by atoms with van der Waals surface area (Å²) in [5.74, 6) is -0.718. The Kier molecular flexibility index (Phi) is 9.80. The number of carbonyl (C=O) groups is 1. The Morgan fingerprint density at radius 1 is 0.886 bits per heavy atom. The van der Waals surface area contributed by atoms with Gasteiger partial charge in [-0.05, 0) is 65.6 Å². The predicted molar refractivity (Wildman–Crippen MR) is 141 cm³/mol. The van der Waals surface area contributed by atoms with Crippen LogP contribution in [0.5, 0.6) is 0 Å². The SMILES string of the molecule is C=C(C)C(=O)OCCc1cc(-c2ccc(-c3ccc(CCCCC)cc3)cc2F)ccc1CCO. The molecule has 0 saturated carbocycles. The van der Waals surface area contributed by atoms with Crippen LogP contribution in [0.15, 0.2) is 72.8 Å². The van der Waals surface area contributed by atoms with Crippen molar-refractivity contribution in [1.82, 2.24) is 0 Å². The van der Waals surface area contributed by atoms with Gasteiger partial charge in [-0.3, -0.25) is 0 Å². The van der Waals surface area contributed by atoms with Crippen LogP contribution in [0.4, 0.5) is 4.39 Å². The molecule has 0 spiro atoms. The van der Waals surface area contributed by atoms with Crippen LogP contribution in [0.3, 0.4) is 0 Å². The number of aliphatic hydroxyl groups is 1. The molecular weight excluding hydrogens is 439 g/mol. The van der Waals surface area contributed by atoms with E-state index in [-0.39, 0.29) is 19.0 Å². The monoisotopic (exact) mass is 474 g/mol. The lowest BCUT2D eigenvalue weighted by Gasteiger charge is -2.13. The third kappa shape index (κ3) is 7.37. The van der Waals surface area contributed by atoms with Gasteiger partial charge in [0.15, 0.2) is 0 Å². The molecule has 4 heteroatoms. The number of hydrogen-bond acceptors (Lipinski definition) is 3. The van der Waals surface area contributed by atoms with Crippen LogP contribution < -0.4 is 0 Å². The second kappa shape index (κ2) is 13.0. The highest BCUT2D eigenvalue weighted by Crippen LogP contribution is 2.30. The lowest BCUT2D eigenvalue weighted by atomic mass is 9.94. The number of rotatable bonds is 12. The minimum atomic E-state index is -0.430. The minimum Gasteiger partial charge on any atom is -0.462 e. The Labute approximate surface area is 208 Å². The van der Waals surface area contributed by atoms with Crippen LogP contribution in [0.25, 0.3) is 22.3 Å². The third-order valence-electron chi connectivity index (χ3n) is 6.18. The molecule has 0 unspecified atom stereocenters. The van der Waals surface area contributed by atoms with Gasteiger partial charge in [0.05, 0.1) is 6.61 Å². The summed E-state index contributed by atoms with van der Waals surface area (Å²) in [4.78, 5) is 11.7. The fourth-order valence-electron chi connectivity index (χ4n) is 4.14. The van der Waals surface area contributed by atoms with Gasteiger partial charge in [-0.1, -0.05) is 80.9 Å². The van der Waals surface area contributed by atoms with E-state index in [1.54, 1.807) is 13.0 Å². The van der Waals surface area contributed by atoms with Crippen molar-refractivity contribution >= 4 is 5.97 Å². The molecule has 0 aliphatic carbocycles. The maximum absolute atomic E-state index is 15.2. The first-order valence-corrected chi connectivity index (χ1v) is 12.4. The van der Waals surface area contributed by atoms with Crippen molar-refractivity contribution in [1.29, 1.82) is 0 Å². The summed E-state index contributed by atoms with van der Waals surface area (Å²) in [7, 11) is 0. The highest BCUT2D eigenvalue weighted by atomic mass is 19.1. The largest absolute Gasteiger partial charge is 0.462 e. The van der Waals surface area contributed by atoms with Crippen LogP contribution in [-0.2, 0) is 28.8 Å². The van der Waals surface area contributed by atoms with E-state index in [1.165, 1.54) is 24.8 Å². The van der Waals surface area contributed by atoms with Crippen molar-refractivity contribution in [3.05, 3.63) is 95.3 Å². The minimum absolute atomic E-state index is 0.0123. The molecule has 3 aromatic rings. The van der Waals surface area contributed by atoms with Gasteiger partial charge < -0.3 is 9.84 Å². The molecule has 0 bridgehead atoms. The van der Waals surface area contributed by atoms with Gasteiger partial charge in [0.2, 0.25) is 0 Å². The van der Waals surface area contributed by atoms with Crippen molar-refractivity contribution in [2.24, 2.45) is 0 Å². The standard InChI is InChI=1S/C31H35FO3/c1-4-5-6-7-23-8-10-24(11-9-23)26-14-15-29(30(32)21-26)28-13-12-25(16-18-33)27(20-28)17-19-35-31(34)22(2)3/h8-15,20-21,33H,2,4-7,16-19H2,1,3H3. The number of aryl methyl sites for hydroxylation is 1. The van der Waals surface area contributed by atoms with Crippen LogP contribution in [-0.4, -0.2) is 24.3 Å². The Morgan fingerprint density at radius 3 is 2.26 bits per heavy atom. The zero-order valence-electron chi connectivity index (χ0n) is 20.8. The van der Waals surface area contributed by atoms with Gasteiger partial charge in [0.1, 0.15) is 5.82 Å². The summed E-state index contributed by atoms with van der Waals surface area (Å²) in [6.07, 6.45) is 5.66. The molecule has 0 aromatic heterocycles. The molecule has 0 saturated heterocycles. The highest BCUT2D eigenvalue weighted by Gasteiger charge is 2.12. The van der Waals surface area contributed by atoms with Crippen molar-refractivity contribution in [3.8, 4) is 22.3 Å². The molecule has 184 valence electrons. The lowest BCUT2D eigenvalue weighted by Crippen LogP contribution is -2.09. The van der Waals surface area contributed by atoms with Gasteiger partial charge in [-0.25, -0.2) is 9.18 Å². The van der Waals surface area contributed by atoms with E-state index in [9.17, 15) is 9.90 Å². The number of hydrogen-bond donors (Lipinski definition) is 1. The van der Waals surface area contributed by atoms with E-state index < -0.39 is 5.97 Å². The third-order valence-corrected chi connectivity index (χ3v) is 6.18. The first kappa shape index (κ1) is 26.4. The van der Waals surface area contributed by atoms with Crippen molar-refractivity contribution in [2.75, 3.05) is 13.2 Å². The zero-order chi connectivity index (χ0) is 25.2. The van der Waals surface area contributed by atoms with Crippen LogP contribution in [0.1, 0.15) is 49.8 Å². The average molecular weight is 475 g/mol. The maximum atomic E-state index is 15.2. The topological polar surface area (TPSA) is 46.5 Å². The molecule has 0 atom stereocenters. The molecule has 35 heavy (non-hydrogen) atoms. The average Bonchev–Trinajstić information content (AvgIpc) is 2.85. The Morgan fingerprint density at radius 2 is 1.60 bits per heavy atom. The molecule has 1 N–H and O–H groups in total. The second-order valence-corrected chi connectivity index (χ2v) is 8.97. The predicted octanol–water partition coefficient (Wildman–Crippen LogP) is 7.09. The summed E-state index contributed by atoms with van der Waals surface area (Å²) >= 11 is 0. The van der Waals surface area contributed by atoms with Gasteiger partial charge in [0.25, 0.3) is 0 Å². The molecule has 0 radical (unpaired) electrons. The second-order valence-electron chi connectivity index (χ2n) is 8.97. The number of ether oxygens (including phenoxy) is 1. The summed E-state index contributed by atoms with van der Waals surface area (Å²) in [6.45, 7) is 7.61. The molecule has 3 nitrogen and oxygen atoms in total. The Bertz CT molecular complexity index is 1150. The fraction of sp³-hybridized carbons (Fsp3) is 0.323. The van der Waals surface area contributed by atoms with E-state index in [4.69, 9.17) is 4.74 Å². The van der Waals surface area contributed by atoms with Gasteiger partial charge >= 0.3 is 5.97 Å². The van der Waals surface area contributed by atoms with Crippen LogP contribution >= 0.6 is 0 Å². The van der Waals surface area contributed by atoms with Crippen molar-refractivity contribution < 1.29 is 19.0 Å². The summed E-state index contributed by atoms with van der Waals surface area (Å²) in [5, 5.41) is 9.41. The van der Waals surface area contributed by atoms with E-state index in [0.29, 0.717) is 24.0 Å². The molecular formula is C31H35FO3. The van der Waals surface area contributed by atoms with Crippen LogP contribution in [0.2, 0.25) is 0 Å². The number of aliphatic hydroxyl groups excluding tert-OH is 1. The van der Waals surface area contributed by atoms with E-state index in [1.807, 2.05) is 30.3 Å². The molecule has 0 aliphatic heterocycles. The number of unbranched alkanes of at least 4 members (excludes halogenated alkanes) is 2. The Balaban J connectivity index is 1.79. The Hall–Kier alpha value is -3.24. The molecule has 0 aliphatic rings. The lowest BCUT2D eigenvalue weighted by molar-refractivity contribution is -0.138. The summed E-state index contributed by atoms with van der Waals surface area (Å²) in [6, 6.07) is 19.4. The quantitative estimate of drug-likeness (QED) is 0.173. The van der Waals surface area contributed by atoms with Gasteiger partial charge in [-0.15, -0.1) is 0 Å². The van der Waals surface area contributed by atoms with Crippen molar-refractivity contribution in [2.45, 2.75) is 52.4 Å². The summed E-state index contributed by atoms with van der Waals surface area (Å²) < 4.78 is 20.4. The molecule has 0 heterocycles. The number of benzene rings is 3. The number of esters is 1. The van der Waals surface area contributed by atoms with E-state index in [0.717, 1.165) is 34.2 Å². The van der Waals surface area contributed by atoms with Gasteiger partial charge in [-0.2, -0.15) is 0 Å². The molecule has 0 fully saturated rings. The number of carbonyl (C=O) groups excluding carboxylic acids is 1. The van der Waals surface area contributed by atoms with Crippen LogP contribution in [0, 0.1) is 5.82 Å². The highest BCUT2D eigenvalue weighted by molar-refractivity contribution is 5.86. The van der Waals surface area contributed by atoms with E-state index in [2.05, 4.69) is 37.8 Å².